The van der Waals surface area contributed by atoms with Crippen molar-refractivity contribution < 1.29 is 9.53 Å². The maximum atomic E-state index is 12.4. The van der Waals surface area contributed by atoms with Gasteiger partial charge in [0, 0.05) is 31.3 Å². The highest BCUT2D eigenvalue weighted by Gasteiger charge is 2.16. The van der Waals surface area contributed by atoms with E-state index in [9.17, 15) is 4.79 Å². The quantitative estimate of drug-likeness (QED) is 0.507. The van der Waals surface area contributed by atoms with Gasteiger partial charge in [0.1, 0.15) is 11.5 Å². The molecule has 1 aromatic carbocycles. The summed E-state index contributed by atoms with van der Waals surface area (Å²) >= 11 is 0. The standard InChI is InChI=1S/C21H29N3O2.C4H10/c1-4-24(16-19-21(26-3)23-14-13-22-19)15-12-17(2)20(25)11-10-18-8-6-5-7-9-18;1-4(2)3/h5-9,13-14,17H,4,10-12,15-16H2,1-3H3;4H,1-3H3. The monoisotopic (exact) mass is 413 g/mol. The van der Waals surface area contributed by atoms with Crippen LogP contribution >= 0.6 is 0 Å². The summed E-state index contributed by atoms with van der Waals surface area (Å²) in [5.41, 5.74) is 2.05. The lowest BCUT2D eigenvalue weighted by Crippen LogP contribution is -2.27. The van der Waals surface area contributed by atoms with Gasteiger partial charge in [-0.3, -0.25) is 14.7 Å². The molecule has 0 spiro atoms. The van der Waals surface area contributed by atoms with Gasteiger partial charge in [0.05, 0.1) is 7.11 Å². The Morgan fingerprint density at radius 2 is 1.70 bits per heavy atom. The molecule has 0 aliphatic heterocycles. The van der Waals surface area contributed by atoms with E-state index >= 15 is 0 Å². The third-order valence-corrected chi connectivity index (χ3v) is 4.68. The SMILES string of the molecule is CC(C)C.CCN(CCC(C)C(=O)CCc1ccccc1)Cc1nccnc1OC. The smallest absolute Gasteiger partial charge is 0.236 e. The van der Waals surface area contributed by atoms with Crippen molar-refractivity contribution in [1.82, 2.24) is 14.9 Å². The molecule has 1 atom stereocenters. The summed E-state index contributed by atoms with van der Waals surface area (Å²) in [7, 11) is 1.61. The minimum atomic E-state index is 0.0662. The second-order valence-corrected chi connectivity index (χ2v) is 8.25. The van der Waals surface area contributed by atoms with Crippen molar-refractivity contribution in [2.75, 3.05) is 20.2 Å². The van der Waals surface area contributed by atoms with Crippen LogP contribution in [0.1, 0.15) is 58.7 Å². The minimum Gasteiger partial charge on any atom is -0.480 e. The molecule has 1 aromatic heterocycles. The number of Topliss-reactive ketones (excluding diaryl/α,β-unsaturated/α-hetero) is 1. The molecule has 0 N–H and O–H groups in total. The fraction of sp³-hybridized carbons (Fsp3) is 0.560. The lowest BCUT2D eigenvalue weighted by molar-refractivity contribution is -0.122. The van der Waals surface area contributed by atoms with Crippen molar-refractivity contribution >= 4 is 5.78 Å². The maximum Gasteiger partial charge on any atom is 0.236 e. The van der Waals surface area contributed by atoms with Crippen LogP contribution in [0, 0.1) is 11.8 Å². The van der Waals surface area contributed by atoms with Gasteiger partial charge in [0.2, 0.25) is 5.88 Å². The van der Waals surface area contributed by atoms with Gasteiger partial charge >= 0.3 is 0 Å². The molecule has 2 aromatic rings. The van der Waals surface area contributed by atoms with Gasteiger partial charge in [-0.15, -0.1) is 0 Å². The zero-order valence-electron chi connectivity index (χ0n) is 19.6. The first kappa shape index (κ1) is 25.8. The van der Waals surface area contributed by atoms with E-state index in [-0.39, 0.29) is 5.92 Å². The number of rotatable bonds is 11. The largest absolute Gasteiger partial charge is 0.480 e. The molecule has 0 saturated carbocycles. The van der Waals surface area contributed by atoms with Crippen LogP contribution in [0.15, 0.2) is 42.7 Å². The van der Waals surface area contributed by atoms with Crippen molar-refractivity contribution in [2.24, 2.45) is 11.8 Å². The number of nitrogens with zero attached hydrogens (tertiary/aromatic N) is 3. The van der Waals surface area contributed by atoms with Crippen LogP contribution in [0.3, 0.4) is 0 Å². The molecule has 0 bridgehead atoms. The first-order valence-corrected chi connectivity index (χ1v) is 11.0. The van der Waals surface area contributed by atoms with Gasteiger partial charge in [0.25, 0.3) is 0 Å². The number of ether oxygens (including phenoxy) is 1. The number of methoxy groups -OCH3 is 1. The Bertz CT molecular complexity index is 717. The number of benzene rings is 1. The second kappa shape index (κ2) is 14.7. The van der Waals surface area contributed by atoms with E-state index in [0.29, 0.717) is 24.6 Å². The van der Waals surface area contributed by atoms with E-state index in [1.807, 2.05) is 25.1 Å². The summed E-state index contributed by atoms with van der Waals surface area (Å²) in [5, 5.41) is 0. The predicted octanol–water partition coefficient (Wildman–Crippen LogP) is 5.20. The van der Waals surface area contributed by atoms with Gasteiger partial charge in [-0.1, -0.05) is 65.0 Å². The summed E-state index contributed by atoms with van der Waals surface area (Å²) in [6.45, 7) is 13.1. The van der Waals surface area contributed by atoms with Gasteiger partial charge < -0.3 is 4.74 Å². The van der Waals surface area contributed by atoms with Crippen LogP contribution in [-0.4, -0.2) is 40.9 Å². The Kier molecular flexibility index (Phi) is 12.6. The molecule has 0 radical (unpaired) electrons. The summed E-state index contributed by atoms with van der Waals surface area (Å²) < 4.78 is 5.27. The van der Waals surface area contributed by atoms with E-state index in [4.69, 9.17) is 4.74 Å². The Labute approximate surface area is 182 Å². The lowest BCUT2D eigenvalue weighted by Gasteiger charge is -2.22. The summed E-state index contributed by atoms with van der Waals surface area (Å²) in [6.07, 6.45) is 5.59. The van der Waals surface area contributed by atoms with Crippen molar-refractivity contribution in [2.45, 2.75) is 60.4 Å². The first-order valence-electron chi connectivity index (χ1n) is 11.0. The summed E-state index contributed by atoms with van der Waals surface area (Å²) in [4.78, 5) is 23.2. The molecule has 1 heterocycles. The molecule has 5 heteroatoms. The normalized spacial score (nSPS) is 11.7. The fourth-order valence-corrected chi connectivity index (χ4v) is 2.89. The highest BCUT2D eigenvalue weighted by atomic mass is 16.5. The third-order valence-electron chi connectivity index (χ3n) is 4.68. The number of aromatic nitrogens is 2. The molecule has 0 aliphatic carbocycles. The molecule has 5 nitrogen and oxygen atoms in total. The van der Waals surface area contributed by atoms with Crippen LogP contribution in [0.2, 0.25) is 0 Å². The number of carbonyl (C=O) groups is 1. The highest BCUT2D eigenvalue weighted by molar-refractivity contribution is 5.80. The average molecular weight is 414 g/mol. The molecule has 2 rings (SSSR count). The first-order chi connectivity index (χ1) is 14.4. The highest BCUT2D eigenvalue weighted by Crippen LogP contribution is 2.15. The topological polar surface area (TPSA) is 55.3 Å². The molecule has 0 amide bonds. The van der Waals surface area contributed by atoms with E-state index in [1.165, 1.54) is 5.56 Å². The Balaban J connectivity index is 0.00000103. The van der Waals surface area contributed by atoms with Crippen LogP contribution < -0.4 is 4.74 Å². The van der Waals surface area contributed by atoms with E-state index in [1.54, 1.807) is 19.5 Å². The number of carbonyl (C=O) groups excluding carboxylic acids is 1. The second-order valence-electron chi connectivity index (χ2n) is 8.25. The number of aryl methyl sites for hydroxylation is 1. The molecular weight excluding hydrogens is 374 g/mol. The minimum absolute atomic E-state index is 0.0662. The molecule has 166 valence electrons. The number of ketones is 1. The molecular formula is C25H39N3O2. The number of hydrogen-bond donors (Lipinski definition) is 0. The number of hydrogen-bond acceptors (Lipinski definition) is 5. The van der Waals surface area contributed by atoms with E-state index < -0.39 is 0 Å². The lowest BCUT2D eigenvalue weighted by atomic mass is 9.96. The molecule has 0 aliphatic rings. The maximum absolute atomic E-state index is 12.4. The predicted molar refractivity (Wildman–Crippen MR) is 124 cm³/mol. The Morgan fingerprint density at radius 1 is 1.07 bits per heavy atom. The zero-order valence-corrected chi connectivity index (χ0v) is 19.6. The zero-order chi connectivity index (χ0) is 22.4. The summed E-state index contributed by atoms with van der Waals surface area (Å²) in [6, 6.07) is 10.2. The molecule has 30 heavy (non-hydrogen) atoms. The van der Waals surface area contributed by atoms with Crippen molar-refractivity contribution in [3.8, 4) is 5.88 Å². The van der Waals surface area contributed by atoms with Crippen molar-refractivity contribution in [1.29, 1.82) is 0 Å². The van der Waals surface area contributed by atoms with Crippen LogP contribution in [0.25, 0.3) is 0 Å². The Morgan fingerprint density at radius 3 is 2.30 bits per heavy atom. The fourth-order valence-electron chi connectivity index (χ4n) is 2.89. The van der Waals surface area contributed by atoms with Gasteiger partial charge in [-0.25, -0.2) is 4.98 Å². The summed E-state index contributed by atoms with van der Waals surface area (Å²) in [5.74, 6) is 1.80. The van der Waals surface area contributed by atoms with E-state index in [0.717, 1.165) is 37.5 Å². The molecule has 1 unspecified atom stereocenters. The van der Waals surface area contributed by atoms with E-state index in [2.05, 4.69) is 54.7 Å². The van der Waals surface area contributed by atoms with Gasteiger partial charge in [0.15, 0.2) is 0 Å². The average Bonchev–Trinajstić information content (AvgIpc) is 2.75. The van der Waals surface area contributed by atoms with Gasteiger partial charge in [-0.2, -0.15) is 0 Å². The Hall–Kier alpha value is -2.27. The van der Waals surface area contributed by atoms with Crippen LogP contribution in [0.5, 0.6) is 5.88 Å². The van der Waals surface area contributed by atoms with Crippen molar-refractivity contribution in [3.05, 3.63) is 54.0 Å². The van der Waals surface area contributed by atoms with Gasteiger partial charge in [-0.05, 0) is 37.4 Å². The van der Waals surface area contributed by atoms with Crippen LogP contribution in [0.4, 0.5) is 0 Å². The van der Waals surface area contributed by atoms with Crippen molar-refractivity contribution in [3.63, 3.8) is 0 Å². The molecule has 0 saturated heterocycles. The third kappa shape index (κ3) is 10.5. The van der Waals surface area contributed by atoms with Crippen LogP contribution in [-0.2, 0) is 17.8 Å². The molecule has 0 fully saturated rings.